The summed E-state index contributed by atoms with van der Waals surface area (Å²) in [6.07, 6.45) is 2.20. The van der Waals surface area contributed by atoms with E-state index in [1.165, 1.54) is 9.58 Å². The number of anilines is 1. The maximum Gasteiger partial charge on any atom is 0.276 e. The van der Waals surface area contributed by atoms with Gasteiger partial charge in [0.25, 0.3) is 5.91 Å². The molecule has 0 spiro atoms. The number of nitrogens with two attached hydrogens (primary N) is 1. The summed E-state index contributed by atoms with van der Waals surface area (Å²) in [5, 5.41) is 4.17. The molecule has 2 N–H and O–H groups in total. The SMILES string of the molecule is Cn1nc(C2CCCN2C(=O)c2ncc(F)cc2F)nc1N. The molecule has 2 aromatic heterocycles. The third kappa shape index (κ3) is 2.38. The Labute approximate surface area is 124 Å². The Bertz CT molecular complexity index is 712. The van der Waals surface area contributed by atoms with Gasteiger partial charge in [-0.2, -0.15) is 10.1 Å². The summed E-state index contributed by atoms with van der Waals surface area (Å²) in [6, 6.07) is 0.254. The summed E-state index contributed by atoms with van der Waals surface area (Å²) in [4.78, 5) is 21.6. The van der Waals surface area contributed by atoms with Crippen LogP contribution in [0.3, 0.4) is 0 Å². The van der Waals surface area contributed by atoms with Gasteiger partial charge in [0.05, 0.1) is 12.2 Å². The number of halogens is 2. The second-order valence-corrected chi connectivity index (χ2v) is 5.09. The van der Waals surface area contributed by atoms with Crippen molar-refractivity contribution in [3.8, 4) is 0 Å². The normalized spacial score (nSPS) is 18.0. The zero-order chi connectivity index (χ0) is 15.9. The summed E-state index contributed by atoms with van der Waals surface area (Å²) in [7, 11) is 1.65. The smallest absolute Gasteiger partial charge is 0.276 e. The number of carbonyl (C=O) groups is 1. The van der Waals surface area contributed by atoms with Crippen LogP contribution in [0.1, 0.15) is 35.2 Å². The summed E-state index contributed by atoms with van der Waals surface area (Å²) in [6.45, 7) is 0.431. The fraction of sp³-hybridized carbons (Fsp3) is 0.385. The minimum absolute atomic E-state index is 0.236. The molecule has 0 saturated carbocycles. The van der Waals surface area contributed by atoms with Crippen LogP contribution in [0.15, 0.2) is 12.3 Å². The largest absolute Gasteiger partial charge is 0.368 e. The van der Waals surface area contributed by atoms with Crippen LogP contribution in [0.4, 0.5) is 14.7 Å². The lowest BCUT2D eigenvalue weighted by Gasteiger charge is -2.22. The number of nitrogens with zero attached hydrogens (tertiary/aromatic N) is 5. The standard InChI is InChI=1S/C13H14F2N6O/c1-20-13(16)18-11(19-20)9-3-2-4-21(9)12(22)10-8(15)5-7(14)6-17-10/h5-6,9H,2-4H2,1H3,(H2,16,18,19). The molecular weight excluding hydrogens is 294 g/mol. The first-order valence-corrected chi connectivity index (χ1v) is 6.76. The van der Waals surface area contributed by atoms with Gasteiger partial charge in [0, 0.05) is 19.7 Å². The summed E-state index contributed by atoms with van der Waals surface area (Å²) in [5.41, 5.74) is 5.25. The van der Waals surface area contributed by atoms with Crippen molar-refractivity contribution in [2.45, 2.75) is 18.9 Å². The lowest BCUT2D eigenvalue weighted by molar-refractivity contribution is 0.0718. The molecule has 22 heavy (non-hydrogen) atoms. The maximum absolute atomic E-state index is 13.7. The summed E-state index contributed by atoms with van der Waals surface area (Å²) < 4.78 is 28.1. The Morgan fingerprint density at radius 3 is 2.86 bits per heavy atom. The van der Waals surface area contributed by atoms with Crippen molar-refractivity contribution in [2.24, 2.45) is 7.05 Å². The van der Waals surface area contributed by atoms with Gasteiger partial charge in [0.15, 0.2) is 17.3 Å². The predicted octanol–water partition coefficient (Wildman–Crippen LogP) is 1.05. The Balaban J connectivity index is 1.91. The monoisotopic (exact) mass is 308 g/mol. The number of aromatic nitrogens is 4. The Morgan fingerprint density at radius 1 is 1.45 bits per heavy atom. The van der Waals surface area contributed by atoms with E-state index in [4.69, 9.17) is 5.73 Å². The van der Waals surface area contributed by atoms with Gasteiger partial charge in [-0.05, 0) is 12.8 Å². The van der Waals surface area contributed by atoms with E-state index in [-0.39, 0.29) is 12.0 Å². The Kier molecular flexibility index (Phi) is 3.47. The number of carbonyl (C=O) groups excluding carboxylic acids is 1. The molecule has 3 heterocycles. The van der Waals surface area contributed by atoms with Crippen LogP contribution in [0, 0.1) is 11.6 Å². The molecule has 1 fully saturated rings. The van der Waals surface area contributed by atoms with Crippen LogP contribution < -0.4 is 5.73 Å². The predicted molar refractivity (Wildman–Crippen MR) is 72.6 cm³/mol. The van der Waals surface area contributed by atoms with Crippen LogP contribution >= 0.6 is 0 Å². The molecule has 1 amide bonds. The molecule has 1 unspecified atom stereocenters. The first kappa shape index (κ1) is 14.4. The van der Waals surface area contributed by atoms with Crippen LogP contribution in [0.25, 0.3) is 0 Å². The second-order valence-electron chi connectivity index (χ2n) is 5.09. The molecule has 9 heteroatoms. The number of likely N-dealkylation sites (tertiary alicyclic amines) is 1. The van der Waals surface area contributed by atoms with Crippen molar-refractivity contribution in [2.75, 3.05) is 12.3 Å². The molecule has 1 aliphatic heterocycles. The molecule has 1 atom stereocenters. The Morgan fingerprint density at radius 2 is 2.23 bits per heavy atom. The highest BCUT2D eigenvalue weighted by Gasteiger charge is 2.35. The lowest BCUT2D eigenvalue weighted by atomic mass is 10.2. The number of rotatable bonds is 2. The second kappa shape index (κ2) is 5.32. The quantitative estimate of drug-likeness (QED) is 0.895. The van der Waals surface area contributed by atoms with Crippen molar-refractivity contribution in [3.05, 3.63) is 35.4 Å². The van der Waals surface area contributed by atoms with Crippen LogP contribution in [-0.2, 0) is 7.05 Å². The number of hydrogen-bond acceptors (Lipinski definition) is 5. The number of nitrogen functional groups attached to an aromatic ring is 1. The average Bonchev–Trinajstić information content (AvgIpc) is 3.06. The van der Waals surface area contributed by atoms with Gasteiger partial charge in [-0.25, -0.2) is 18.4 Å². The molecular formula is C13H14F2N6O. The fourth-order valence-corrected chi connectivity index (χ4v) is 2.54. The van der Waals surface area contributed by atoms with Gasteiger partial charge in [0.1, 0.15) is 5.82 Å². The van der Waals surface area contributed by atoms with Crippen LogP contribution in [0.5, 0.6) is 0 Å². The number of hydrogen-bond donors (Lipinski definition) is 1. The molecule has 7 nitrogen and oxygen atoms in total. The molecule has 2 aromatic rings. The topological polar surface area (TPSA) is 89.9 Å². The van der Waals surface area contributed by atoms with E-state index in [0.29, 0.717) is 24.9 Å². The summed E-state index contributed by atoms with van der Waals surface area (Å²) >= 11 is 0. The van der Waals surface area contributed by atoms with Crippen molar-refractivity contribution in [3.63, 3.8) is 0 Å². The Hall–Kier alpha value is -2.58. The van der Waals surface area contributed by atoms with Gasteiger partial charge in [-0.1, -0.05) is 0 Å². The van der Waals surface area contributed by atoms with E-state index in [1.54, 1.807) is 7.05 Å². The van der Waals surface area contributed by atoms with Crippen LogP contribution in [0.2, 0.25) is 0 Å². The maximum atomic E-state index is 13.7. The van der Waals surface area contributed by atoms with Gasteiger partial charge >= 0.3 is 0 Å². The highest BCUT2D eigenvalue weighted by molar-refractivity contribution is 5.93. The molecule has 3 rings (SSSR count). The molecule has 0 aliphatic carbocycles. The van der Waals surface area contributed by atoms with Crippen molar-refractivity contribution < 1.29 is 13.6 Å². The third-order valence-electron chi connectivity index (χ3n) is 3.64. The van der Waals surface area contributed by atoms with Crippen molar-refractivity contribution in [1.29, 1.82) is 0 Å². The average molecular weight is 308 g/mol. The number of amides is 1. The van der Waals surface area contributed by atoms with Crippen LogP contribution in [-0.4, -0.2) is 37.1 Å². The zero-order valence-corrected chi connectivity index (χ0v) is 11.8. The van der Waals surface area contributed by atoms with E-state index < -0.39 is 23.2 Å². The molecule has 0 radical (unpaired) electrons. The minimum Gasteiger partial charge on any atom is -0.368 e. The first-order valence-electron chi connectivity index (χ1n) is 6.76. The van der Waals surface area contributed by atoms with Gasteiger partial charge in [0.2, 0.25) is 5.95 Å². The minimum atomic E-state index is -0.982. The van der Waals surface area contributed by atoms with E-state index in [2.05, 4.69) is 15.1 Å². The third-order valence-corrected chi connectivity index (χ3v) is 3.64. The molecule has 0 aromatic carbocycles. The van der Waals surface area contributed by atoms with E-state index in [9.17, 15) is 13.6 Å². The van der Waals surface area contributed by atoms with Gasteiger partial charge < -0.3 is 10.6 Å². The molecule has 0 bridgehead atoms. The lowest BCUT2D eigenvalue weighted by Crippen LogP contribution is -2.32. The van der Waals surface area contributed by atoms with Gasteiger partial charge in [-0.3, -0.25) is 4.79 Å². The van der Waals surface area contributed by atoms with E-state index in [1.807, 2.05) is 0 Å². The van der Waals surface area contributed by atoms with E-state index >= 15 is 0 Å². The zero-order valence-electron chi connectivity index (χ0n) is 11.8. The highest BCUT2D eigenvalue weighted by atomic mass is 19.1. The van der Waals surface area contributed by atoms with Gasteiger partial charge in [-0.15, -0.1) is 0 Å². The van der Waals surface area contributed by atoms with E-state index in [0.717, 1.165) is 12.6 Å². The number of aryl methyl sites for hydroxylation is 1. The summed E-state index contributed by atoms with van der Waals surface area (Å²) in [5.74, 6) is -1.77. The molecule has 116 valence electrons. The molecule has 1 aliphatic rings. The van der Waals surface area contributed by atoms with Crippen molar-refractivity contribution >= 4 is 11.9 Å². The highest BCUT2D eigenvalue weighted by Crippen LogP contribution is 2.31. The van der Waals surface area contributed by atoms with Crippen molar-refractivity contribution in [1.82, 2.24) is 24.6 Å². The number of pyridine rings is 1. The fourth-order valence-electron chi connectivity index (χ4n) is 2.54. The molecule has 1 saturated heterocycles. The first-order chi connectivity index (χ1) is 10.5.